The predicted molar refractivity (Wildman–Crippen MR) is 79.4 cm³/mol. The van der Waals surface area contributed by atoms with Crippen molar-refractivity contribution in [3.63, 3.8) is 0 Å². The number of unbranched alkanes of at least 4 members (excludes halogenated alkanes) is 2. The van der Waals surface area contributed by atoms with Crippen molar-refractivity contribution in [2.75, 3.05) is 0 Å². The summed E-state index contributed by atoms with van der Waals surface area (Å²) < 4.78 is 5.42. The lowest BCUT2D eigenvalue weighted by molar-refractivity contribution is 0.477. The average Bonchev–Trinajstić information content (AvgIpc) is 2.88. The Morgan fingerprint density at radius 2 is 2.00 bits per heavy atom. The molecule has 1 aliphatic carbocycles. The molecule has 20 heavy (non-hydrogen) atoms. The number of benzene rings is 1. The molecule has 1 heterocycles. The molecule has 0 unspecified atom stereocenters. The normalized spacial score (nSPS) is 13.8. The smallest absolute Gasteiger partial charge is 0.339 e. The third kappa shape index (κ3) is 2.21. The van der Waals surface area contributed by atoms with E-state index >= 15 is 0 Å². The van der Waals surface area contributed by atoms with Crippen molar-refractivity contribution in [2.45, 2.75) is 51.9 Å². The van der Waals surface area contributed by atoms with Gasteiger partial charge in [0.15, 0.2) is 0 Å². The molecule has 0 atom stereocenters. The zero-order valence-electron chi connectivity index (χ0n) is 11.9. The van der Waals surface area contributed by atoms with Crippen LogP contribution < -0.4 is 5.63 Å². The van der Waals surface area contributed by atoms with Crippen LogP contribution in [-0.4, -0.2) is 5.11 Å². The molecule has 0 saturated heterocycles. The van der Waals surface area contributed by atoms with E-state index in [1.807, 2.05) is 12.1 Å². The Morgan fingerprint density at radius 1 is 1.20 bits per heavy atom. The zero-order valence-corrected chi connectivity index (χ0v) is 11.9. The highest BCUT2D eigenvalue weighted by atomic mass is 16.4. The maximum Gasteiger partial charge on any atom is 0.339 e. The third-order valence-electron chi connectivity index (χ3n) is 4.18. The molecular formula is C17H20O3. The number of phenols is 1. The van der Waals surface area contributed by atoms with E-state index in [4.69, 9.17) is 4.42 Å². The molecule has 0 spiro atoms. The van der Waals surface area contributed by atoms with E-state index in [0.29, 0.717) is 5.58 Å². The van der Waals surface area contributed by atoms with Crippen LogP contribution in [0.2, 0.25) is 0 Å². The highest BCUT2D eigenvalue weighted by Crippen LogP contribution is 2.34. The number of aryl methyl sites for hydroxylation is 2. The Bertz CT molecular complexity index is 697. The first kappa shape index (κ1) is 13.2. The van der Waals surface area contributed by atoms with Gasteiger partial charge in [-0.3, -0.25) is 0 Å². The van der Waals surface area contributed by atoms with Gasteiger partial charge < -0.3 is 9.52 Å². The molecule has 0 radical (unpaired) electrons. The van der Waals surface area contributed by atoms with E-state index in [9.17, 15) is 9.90 Å². The minimum atomic E-state index is -0.227. The molecule has 0 saturated carbocycles. The fourth-order valence-electron chi connectivity index (χ4n) is 3.17. The second-order valence-electron chi connectivity index (χ2n) is 5.65. The van der Waals surface area contributed by atoms with Crippen molar-refractivity contribution < 1.29 is 9.52 Å². The van der Waals surface area contributed by atoms with Gasteiger partial charge in [0.25, 0.3) is 0 Å². The van der Waals surface area contributed by atoms with E-state index in [2.05, 4.69) is 6.92 Å². The van der Waals surface area contributed by atoms with Gasteiger partial charge in [0, 0.05) is 5.56 Å². The van der Waals surface area contributed by atoms with E-state index in [0.717, 1.165) is 54.2 Å². The lowest BCUT2D eigenvalue weighted by Gasteiger charge is -2.09. The number of rotatable bonds is 4. The van der Waals surface area contributed by atoms with Crippen LogP contribution in [0.15, 0.2) is 21.3 Å². The van der Waals surface area contributed by atoms with Crippen molar-refractivity contribution >= 4 is 11.0 Å². The maximum absolute atomic E-state index is 12.0. The van der Waals surface area contributed by atoms with Gasteiger partial charge in [0.1, 0.15) is 11.3 Å². The van der Waals surface area contributed by atoms with Crippen LogP contribution in [0.5, 0.6) is 5.75 Å². The summed E-state index contributed by atoms with van der Waals surface area (Å²) >= 11 is 0. The van der Waals surface area contributed by atoms with Crippen molar-refractivity contribution in [3.8, 4) is 5.75 Å². The molecule has 0 bridgehead atoms. The summed E-state index contributed by atoms with van der Waals surface area (Å²) in [4.78, 5) is 12.0. The molecule has 3 heteroatoms. The minimum absolute atomic E-state index is 0.227. The minimum Gasteiger partial charge on any atom is -0.507 e. The first-order valence-electron chi connectivity index (χ1n) is 7.51. The molecule has 2 aromatic rings. The van der Waals surface area contributed by atoms with Gasteiger partial charge in [-0.1, -0.05) is 19.8 Å². The summed E-state index contributed by atoms with van der Waals surface area (Å²) in [6, 6.07) is 3.75. The van der Waals surface area contributed by atoms with Crippen molar-refractivity contribution in [1.82, 2.24) is 0 Å². The van der Waals surface area contributed by atoms with Crippen molar-refractivity contribution in [3.05, 3.63) is 39.2 Å². The lowest BCUT2D eigenvalue weighted by Crippen LogP contribution is -2.07. The molecule has 0 aliphatic heterocycles. The van der Waals surface area contributed by atoms with E-state index < -0.39 is 0 Å². The van der Waals surface area contributed by atoms with Gasteiger partial charge in [-0.25, -0.2) is 4.79 Å². The summed E-state index contributed by atoms with van der Waals surface area (Å²) in [5.74, 6) is 0.260. The van der Waals surface area contributed by atoms with Gasteiger partial charge in [0.2, 0.25) is 0 Å². The second-order valence-corrected chi connectivity index (χ2v) is 5.65. The predicted octanol–water partition coefficient (Wildman–Crippen LogP) is 3.72. The molecule has 3 rings (SSSR count). The van der Waals surface area contributed by atoms with E-state index in [1.54, 1.807) is 0 Å². The molecule has 106 valence electrons. The highest BCUT2D eigenvalue weighted by Gasteiger charge is 2.21. The zero-order chi connectivity index (χ0) is 14.1. The van der Waals surface area contributed by atoms with Crippen LogP contribution in [0.4, 0.5) is 0 Å². The fraction of sp³-hybridized carbons (Fsp3) is 0.471. The first-order valence-corrected chi connectivity index (χ1v) is 7.51. The summed E-state index contributed by atoms with van der Waals surface area (Å²) in [5.41, 5.74) is 3.11. The molecule has 0 amide bonds. The van der Waals surface area contributed by atoms with Gasteiger partial charge in [-0.05, 0) is 55.4 Å². The largest absolute Gasteiger partial charge is 0.507 e. The number of aromatic hydroxyl groups is 1. The summed E-state index contributed by atoms with van der Waals surface area (Å²) in [7, 11) is 0. The van der Waals surface area contributed by atoms with Gasteiger partial charge >= 0.3 is 5.63 Å². The Balaban J connectivity index is 2.09. The quantitative estimate of drug-likeness (QED) is 0.681. The summed E-state index contributed by atoms with van der Waals surface area (Å²) in [6.07, 6.45) is 6.95. The fourth-order valence-corrected chi connectivity index (χ4v) is 3.17. The van der Waals surface area contributed by atoms with Crippen LogP contribution in [0.3, 0.4) is 0 Å². The number of hydrogen-bond acceptors (Lipinski definition) is 3. The Labute approximate surface area is 118 Å². The summed E-state index contributed by atoms with van der Waals surface area (Å²) in [5, 5.41) is 11.0. The number of fused-ring (bicyclic) bond motifs is 3. The average molecular weight is 272 g/mol. The van der Waals surface area contributed by atoms with Crippen LogP contribution in [0, 0.1) is 0 Å². The molecule has 1 aromatic heterocycles. The van der Waals surface area contributed by atoms with Gasteiger partial charge in [-0.15, -0.1) is 0 Å². The molecule has 3 nitrogen and oxygen atoms in total. The van der Waals surface area contributed by atoms with Crippen LogP contribution in [-0.2, 0) is 19.3 Å². The summed E-state index contributed by atoms with van der Waals surface area (Å²) in [6.45, 7) is 2.17. The molecule has 1 aliphatic rings. The SMILES string of the molecule is CCCCCc1cc(O)c2c3c(c(=O)oc2c1)CCC3. The Morgan fingerprint density at radius 3 is 2.80 bits per heavy atom. The molecule has 1 aromatic carbocycles. The third-order valence-corrected chi connectivity index (χ3v) is 4.18. The van der Waals surface area contributed by atoms with Crippen molar-refractivity contribution in [2.24, 2.45) is 0 Å². The first-order chi connectivity index (χ1) is 9.70. The second kappa shape index (κ2) is 5.31. The van der Waals surface area contributed by atoms with E-state index in [1.165, 1.54) is 12.8 Å². The molecule has 0 fully saturated rings. The van der Waals surface area contributed by atoms with Gasteiger partial charge in [0.05, 0.1) is 5.39 Å². The standard InChI is InChI=1S/C17H20O3/c1-2-3-4-6-11-9-14(18)16-12-7-5-8-13(12)17(19)20-15(16)10-11/h9-10,18H,2-8H2,1H3. The number of phenolic OH excluding ortho intramolecular Hbond substituents is 1. The Kier molecular flexibility index (Phi) is 3.51. The highest BCUT2D eigenvalue weighted by molar-refractivity contribution is 5.88. The van der Waals surface area contributed by atoms with Crippen LogP contribution in [0.1, 0.15) is 49.3 Å². The number of hydrogen-bond donors (Lipinski definition) is 1. The maximum atomic E-state index is 12.0. The molecule has 1 N–H and O–H groups in total. The monoisotopic (exact) mass is 272 g/mol. The van der Waals surface area contributed by atoms with Crippen LogP contribution in [0.25, 0.3) is 11.0 Å². The lowest BCUT2D eigenvalue weighted by atomic mass is 10.0. The Hall–Kier alpha value is -1.77. The van der Waals surface area contributed by atoms with Crippen LogP contribution >= 0.6 is 0 Å². The van der Waals surface area contributed by atoms with E-state index in [-0.39, 0.29) is 11.4 Å². The van der Waals surface area contributed by atoms with Crippen molar-refractivity contribution in [1.29, 1.82) is 0 Å². The molecular weight excluding hydrogens is 252 g/mol. The topological polar surface area (TPSA) is 50.4 Å². The van der Waals surface area contributed by atoms with Gasteiger partial charge in [-0.2, -0.15) is 0 Å².